The number of aromatic amines is 1. The molecule has 5 nitrogen and oxygen atoms in total. The Morgan fingerprint density at radius 2 is 1.94 bits per heavy atom. The van der Waals surface area contributed by atoms with Gasteiger partial charge in [-0.3, -0.25) is 9.69 Å². The summed E-state index contributed by atoms with van der Waals surface area (Å²) < 4.78 is 0. The zero-order chi connectivity index (χ0) is 23.7. The zero-order valence-electron chi connectivity index (χ0n) is 21.2. The lowest BCUT2D eigenvalue weighted by Gasteiger charge is -2.39. The molecule has 33 heavy (non-hydrogen) atoms. The molecular weight excluding hydrogens is 428 g/mol. The molecule has 2 aliphatic rings. The fourth-order valence-corrected chi connectivity index (χ4v) is 6.63. The van der Waals surface area contributed by atoms with E-state index in [1.165, 1.54) is 53.2 Å². The Kier molecular flexibility index (Phi) is 7.46. The van der Waals surface area contributed by atoms with Crippen molar-refractivity contribution in [3.63, 3.8) is 0 Å². The van der Waals surface area contributed by atoms with Crippen LogP contribution in [0.2, 0.25) is 0 Å². The van der Waals surface area contributed by atoms with E-state index in [4.69, 9.17) is 0 Å². The summed E-state index contributed by atoms with van der Waals surface area (Å²) in [4.78, 5) is 22.1. The van der Waals surface area contributed by atoms with Gasteiger partial charge in [0.25, 0.3) is 5.56 Å². The van der Waals surface area contributed by atoms with Gasteiger partial charge in [-0.25, -0.2) is 0 Å². The molecule has 0 aromatic carbocycles. The molecule has 0 spiro atoms. The highest BCUT2D eigenvalue weighted by Gasteiger charge is 2.29. The van der Waals surface area contributed by atoms with Crippen molar-refractivity contribution in [2.75, 3.05) is 27.2 Å². The van der Waals surface area contributed by atoms with Crippen LogP contribution in [-0.2, 0) is 6.54 Å². The minimum atomic E-state index is 0.0232. The largest absolute Gasteiger partial charge is 0.380 e. The van der Waals surface area contributed by atoms with E-state index in [-0.39, 0.29) is 5.56 Å². The van der Waals surface area contributed by atoms with Crippen molar-refractivity contribution in [2.45, 2.75) is 78.4 Å². The van der Waals surface area contributed by atoms with Crippen molar-refractivity contribution >= 4 is 17.0 Å². The number of likely N-dealkylation sites (tertiary alicyclic amines) is 1. The number of pyridine rings is 1. The molecule has 3 heterocycles. The second kappa shape index (κ2) is 10.2. The van der Waals surface area contributed by atoms with Crippen LogP contribution in [0.1, 0.15) is 77.9 Å². The van der Waals surface area contributed by atoms with Crippen molar-refractivity contribution in [2.24, 2.45) is 0 Å². The number of rotatable bonds is 8. The molecule has 1 saturated carbocycles. The summed E-state index contributed by atoms with van der Waals surface area (Å²) in [6.07, 6.45) is 5.96. The number of hydrogen-bond donors (Lipinski definition) is 2. The maximum Gasteiger partial charge on any atom is 0.253 e. The van der Waals surface area contributed by atoms with Gasteiger partial charge in [0.15, 0.2) is 0 Å². The first-order valence-corrected chi connectivity index (χ1v) is 13.3. The standard InChI is InChI=1S/C27H40N4OS/c1-7-24(31-12-10-21(11-13-31)30(5)6)26-19(4)23(16-33-26)25(20-8-9-20)28-15-22-17(2)14-18(3)29-27(22)32/h14,16,21,24,28H,7-13,15H2,1-6H3,(H,29,32)/t24-/m0/s1. The Balaban J connectivity index is 1.53. The monoisotopic (exact) mass is 468 g/mol. The molecule has 1 aliphatic carbocycles. The number of allylic oxidation sites excluding steroid dienone is 1. The lowest BCUT2D eigenvalue weighted by atomic mass is 9.98. The normalized spacial score (nSPS) is 18.1. The Morgan fingerprint density at radius 3 is 2.52 bits per heavy atom. The van der Waals surface area contributed by atoms with E-state index in [2.05, 4.69) is 59.5 Å². The van der Waals surface area contributed by atoms with E-state index in [0.717, 1.165) is 36.1 Å². The average Bonchev–Trinajstić information content (AvgIpc) is 3.55. The summed E-state index contributed by atoms with van der Waals surface area (Å²) in [6.45, 7) is 11.5. The van der Waals surface area contributed by atoms with Crippen LogP contribution < -0.4 is 10.9 Å². The number of aryl methyl sites for hydroxylation is 2. The summed E-state index contributed by atoms with van der Waals surface area (Å²) in [6, 6.07) is 3.27. The van der Waals surface area contributed by atoms with Crippen LogP contribution in [0.5, 0.6) is 0 Å². The van der Waals surface area contributed by atoms with Crippen molar-refractivity contribution in [1.82, 2.24) is 20.1 Å². The van der Waals surface area contributed by atoms with E-state index in [1.807, 2.05) is 25.2 Å². The Bertz CT molecular complexity index is 1070. The maximum absolute atomic E-state index is 12.5. The fourth-order valence-electron chi connectivity index (χ4n) is 5.33. The molecule has 180 valence electrons. The highest BCUT2D eigenvalue weighted by atomic mass is 32.1. The number of piperidine rings is 1. The van der Waals surface area contributed by atoms with Gasteiger partial charge in [0, 0.05) is 64.5 Å². The molecule has 0 bridgehead atoms. The fraction of sp³-hybridized carbons (Fsp3) is 0.593. The molecule has 0 radical (unpaired) electrons. The van der Waals surface area contributed by atoms with Crippen molar-refractivity contribution < 1.29 is 0 Å². The molecule has 2 aromatic rings. The van der Waals surface area contributed by atoms with Crippen LogP contribution >= 0.6 is 11.3 Å². The Morgan fingerprint density at radius 1 is 1.24 bits per heavy atom. The summed E-state index contributed by atoms with van der Waals surface area (Å²) in [5, 5.41) is 6.02. The lowest BCUT2D eigenvalue weighted by molar-refractivity contribution is 0.107. The molecule has 4 rings (SSSR count). The van der Waals surface area contributed by atoms with Gasteiger partial charge in [-0.1, -0.05) is 6.92 Å². The molecule has 2 N–H and O–H groups in total. The van der Waals surface area contributed by atoms with Gasteiger partial charge >= 0.3 is 0 Å². The lowest BCUT2D eigenvalue weighted by Crippen LogP contribution is -2.43. The van der Waals surface area contributed by atoms with Gasteiger partial charge in [-0.05, 0) is 89.7 Å². The second-order valence-corrected chi connectivity index (χ2v) is 11.0. The van der Waals surface area contributed by atoms with Crippen molar-refractivity contribution in [3.05, 3.63) is 60.2 Å². The number of H-pyrrole nitrogens is 1. The highest BCUT2D eigenvalue weighted by molar-refractivity contribution is 7.10. The number of nitrogens with one attached hydrogen (secondary N) is 2. The van der Waals surface area contributed by atoms with Gasteiger partial charge in [-0.2, -0.15) is 0 Å². The third kappa shape index (κ3) is 5.28. The van der Waals surface area contributed by atoms with Gasteiger partial charge < -0.3 is 15.2 Å². The van der Waals surface area contributed by atoms with Gasteiger partial charge in [-0.15, -0.1) is 11.3 Å². The predicted molar refractivity (Wildman–Crippen MR) is 140 cm³/mol. The second-order valence-electron chi connectivity index (χ2n) is 10.1. The molecule has 6 heteroatoms. The summed E-state index contributed by atoms with van der Waals surface area (Å²) >= 11 is 1.92. The number of thiophene rings is 1. The molecule has 2 fully saturated rings. The topological polar surface area (TPSA) is 51.4 Å². The zero-order valence-corrected chi connectivity index (χ0v) is 22.0. The minimum absolute atomic E-state index is 0.0232. The molecule has 1 atom stereocenters. The SMILES string of the molecule is CC[C@@H](c1scc(C(NCc2c(C)cc(C)[nH]c2=O)=C2CC2)c1C)N1CCC(N(C)C)CC1. The molecular formula is C27H40N4OS. The first-order valence-electron chi connectivity index (χ1n) is 12.4. The van der Waals surface area contributed by atoms with Crippen molar-refractivity contribution in [3.8, 4) is 0 Å². The first kappa shape index (κ1) is 24.2. The van der Waals surface area contributed by atoms with Crippen LogP contribution in [-0.4, -0.2) is 48.0 Å². The summed E-state index contributed by atoms with van der Waals surface area (Å²) in [5.41, 5.74) is 8.33. The van der Waals surface area contributed by atoms with Gasteiger partial charge in [0.05, 0.1) is 0 Å². The predicted octanol–water partition coefficient (Wildman–Crippen LogP) is 5.13. The molecule has 1 aliphatic heterocycles. The number of aromatic nitrogens is 1. The maximum atomic E-state index is 12.5. The Hall–Kier alpha value is -1.89. The summed E-state index contributed by atoms with van der Waals surface area (Å²) in [5.74, 6) is 0. The van der Waals surface area contributed by atoms with E-state index >= 15 is 0 Å². The smallest absolute Gasteiger partial charge is 0.253 e. The molecule has 1 saturated heterocycles. The average molecular weight is 469 g/mol. The third-order valence-electron chi connectivity index (χ3n) is 7.50. The van der Waals surface area contributed by atoms with E-state index in [9.17, 15) is 4.79 Å². The van der Waals surface area contributed by atoms with Crippen molar-refractivity contribution in [1.29, 1.82) is 0 Å². The van der Waals surface area contributed by atoms with Gasteiger partial charge in [0.2, 0.25) is 0 Å². The van der Waals surface area contributed by atoms with Crippen LogP contribution in [0.3, 0.4) is 0 Å². The Labute approximate surface area is 202 Å². The first-order chi connectivity index (χ1) is 15.8. The third-order valence-corrected chi connectivity index (χ3v) is 8.68. The molecule has 2 aromatic heterocycles. The molecule has 0 unspecified atom stereocenters. The van der Waals surface area contributed by atoms with Crippen LogP contribution in [0.25, 0.3) is 5.70 Å². The number of hydrogen-bond acceptors (Lipinski definition) is 5. The highest BCUT2D eigenvalue weighted by Crippen LogP contribution is 2.41. The van der Waals surface area contributed by atoms with Gasteiger partial charge in [0.1, 0.15) is 0 Å². The molecule has 0 amide bonds. The van der Waals surface area contributed by atoms with Crippen LogP contribution in [0, 0.1) is 20.8 Å². The van der Waals surface area contributed by atoms with E-state index in [1.54, 1.807) is 0 Å². The van der Waals surface area contributed by atoms with Crippen LogP contribution in [0.4, 0.5) is 0 Å². The van der Waals surface area contributed by atoms with Crippen LogP contribution in [0.15, 0.2) is 21.8 Å². The number of nitrogens with zero attached hydrogens (tertiary/aromatic N) is 2. The summed E-state index contributed by atoms with van der Waals surface area (Å²) in [7, 11) is 4.42. The van der Waals surface area contributed by atoms with E-state index < -0.39 is 0 Å². The van der Waals surface area contributed by atoms with E-state index in [0.29, 0.717) is 18.6 Å². The quantitative estimate of drug-likeness (QED) is 0.564. The minimum Gasteiger partial charge on any atom is -0.380 e.